The van der Waals surface area contributed by atoms with E-state index in [4.69, 9.17) is 9.47 Å². The molecular formula is C79H102N2O13S2. The first-order valence-corrected chi connectivity index (χ1v) is 39.8. The Bertz CT molecular complexity index is 3660. The molecule has 20 rings (SSSR count). The minimum atomic E-state index is -2.14. The molecule has 0 radical (unpaired) electrons. The van der Waals surface area contributed by atoms with Crippen LogP contribution in [0.5, 0.6) is 5.75 Å². The van der Waals surface area contributed by atoms with Crippen LogP contribution in [0.25, 0.3) is 0 Å². The Morgan fingerprint density at radius 2 is 1.73 bits per heavy atom. The molecule has 8 aliphatic heterocycles. The van der Waals surface area contributed by atoms with E-state index in [2.05, 4.69) is 75.2 Å². The van der Waals surface area contributed by atoms with Gasteiger partial charge in [0.05, 0.1) is 47.5 Å². The Hall–Kier alpha value is -3.32. The number of benzene rings is 1. The number of amides is 1. The number of aryl methyl sites for hydroxylation is 1. The smallest absolute Gasteiger partial charge is 0.234 e. The molecule has 7 saturated carbocycles. The molecule has 518 valence electrons. The number of phenols is 1. The lowest BCUT2D eigenvalue weighted by molar-refractivity contribution is -0.330. The molecule has 96 heavy (non-hydrogen) atoms. The van der Waals surface area contributed by atoms with Crippen molar-refractivity contribution < 1.29 is 65.0 Å². The number of epoxide rings is 1. The minimum absolute atomic E-state index is 0.0362. The van der Waals surface area contributed by atoms with Gasteiger partial charge in [0.1, 0.15) is 34.6 Å². The Balaban J connectivity index is 0.821. The molecule has 17 heteroatoms. The van der Waals surface area contributed by atoms with E-state index >= 15 is 9.59 Å². The summed E-state index contributed by atoms with van der Waals surface area (Å²) in [6, 6.07) is 5.30. The van der Waals surface area contributed by atoms with E-state index in [9.17, 15) is 46.0 Å². The monoisotopic (exact) mass is 1350 g/mol. The zero-order valence-electron chi connectivity index (χ0n) is 56.4. The topological polar surface area (TPSA) is 253 Å². The number of allylic oxidation sites excluding steroid dienone is 4. The standard InChI is InChI=1S/C79H102N2O13S2/c1-42(2)43(3)65-67(94-65)75(90)22-7-16-50-32-56-57-35-62(85)74(38-63(86)79(92)61(84)18-17-49-15-8-23-76(49,79)70(56,74)4)69(89)96-95-40-52-14-6-13-51(39-82)78(52)68(88)81(53-28-45(29-54(83)33-53)20-25-73(50)60(75)21-26-77(57,73)91)41-71(78)37-47-11-5-10-44-19-24-72(36-44)55-34-59-46(12-9-27-93-59)30-48(55)31-58(80-72)64(47)66(71)87/h7,9,12,16-18,28-30,33,35,42-44,47-52,55-56,58-61,63-67,69,80,82-84,86-87,89-92H,6,8,10,13-15,19-27,31-32,34,36-41H2,1-4H3. The summed E-state index contributed by atoms with van der Waals surface area (Å²) < 4.78 is 13.1. The lowest BCUT2D eigenvalue weighted by Crippen LogP contribution is -2.82. The Labute approximate surface area is 573 Å². The van der Waals surface area contributed by atoms with E-state index < -0.39 is 120 Å². The second kappa shape index (κ2) is 21.9. The third-order valence-electron chi connectivity index (χ3n) is 32.3. The maximum Gasteiger partial charge on any atom is 0.234 e. The summed E-state index contributed by atoms with van der Waals surface area (Å²) in [5.41, 5.74) is -12.3. The molecule has 11 aliphatic carbocycles. The minimum Gasteiger partial charge on any atom is -0.508 e. The van der Waals surface area contributed by atoms with Crippen LogP contribution < -0.4 is 10.2 Å². The number of ketones is 1. The fourth-order valence-corrected chi connectivity index (χ4v) is 31.3. The van der Waals surface area contributed by atoms with Crippen LogP contribution in [0, 0.1) is 121 Å². The average Bonchev–Trinajstić information content (AvgIpc) is 1.04. The van der Waals surface area contributed by atoms with Gasteiger partial charge in [-0.05, 0) is 209 Å². The van der Waals surface area contributed by atoms with E-state index in [0.717, 1.165) is 44.1 Å². The first-order valence-electron chi connectivity index (χ1n) is 37.4. The van der Waals surface area contributed by atoms with Gasteiger partial charge in [0.15, 0.2) is 5.78 Å². The van der Waals surface area contributed by atoms with E-state index in [0.29, 0.717) is 106 Å². The van der Waals surface area contributed by atoms with Gasteiger partial charge >= 0.3 is 0 Å². The molecule has 1 aromatic rings. The van der Waals surface area contributed by atoms with Crippen LogP contribution in [-0.4, -0.2) is 154 Å². The molecule has 15 nitrogen and oxygen atoms in total. The maximum atomic E-state index is 17.3. The predicted octanol–water partition coefficient (Wildman–Crippen LogP) is 8.82. The lowest BCUT2D eigenvalue weighted by atomic mass is 9.29. The summed E-state index contributed by atoms with van der Waals surface area (Å²) in [7, 11) is 2.57. The number of anilines is 1. The van der Waals surface area contributed by atoms with Crippen molar-refractivity contribution in [2.45, 2.75) is 227 Å². The van der Waals surface area contributed by atoms with E-state index in [1.165, 1.54) is 27.2 Å². The number of aromatic hydroxyl groups is 1. The number of phenolic OH excluding ortho intramolecular Hbond substituents is 1. The zero-order chi connectivity index (χ0) is 66.4. The molecule has 0 aromatic heterocycles. The molecule has 11 bridgehead atoms. The number of hydrogen-bond acceptors (Lipinski definition) is 16. The number of fused-ring (bicyclic) bond motifs is 7. The molecule has 30 atom stereocenters. The number of hydrogen-bond donors (Lipinski definition) is 10. The first kappa shape index (κ1) is 64.8. The van der Waals surface area contributed by atoms with Crippen LogP contribution in [-0.2, 0) is 25.5 Å². The highest BCUT2D eigenvalue weighted by Crippen LogP contribution is 2.83. The van der Waals surface area contributed by atoms with Gasteiger partial charge in [-0.15, -0.1) is 5.92 Å². The van der Waals surface area contributed by atoms with Crippen molar-refractivity contribution in [2.75, 3.05) is 30.4 Å². The second-order valence-corrected chi connectivity index (χ2v) is 37.6. The molecule has 10 fully saturated rings. The Morgan fingerprint density at radius 3 is 2.55 bits per heavy atom. The van der Waals surface area contributed by atoms with Crippen LogP contribution in [0.3, 0.4) is 0 Å². The van der Waals surface area contributed by atoms with Crippen LogP contribution >= 0.6 is 21.6 Å². The number of carbonyl (C=O) groups excluding carboxylic acids is 2. The number of carbonyl (C=O) groups is 2. The third kappa shape index (κ3) is 7.86. The Kier molecular flexibility index (Phi) is 14.7. The van der Waals surface area contributed by atoms with E-state index in [1.54, 1.807) is 24.3 Å². The highest BCUT2D eigenvalue weighted by Gasteiger charge is 2.86. The highest BCUT2D eigenvalue weighted by atomic mass is 33.1. The van der Waals surface area contributed by atoms with Crippen LogP contribution in [0.4, 0.5) is 5.69 Å². The largest absolute Gasteiger partial charge is 0.508 e. The summed E-state index contributed by atoms with van der Waals surface area (Å²) in [4.78, 5) is 35.9. The molecule has 3 saturated heterocycles. The molecule has 1 aromatic carbocycles. The van der Waals surface area contributed by atoms with Crippen molar-refractivity contribution in [1.82, 2.24) is 5.32 Å². The van der Waals surface area contributed by atoms with Crippen molar-refractivity contribution in [1.29, 1.82) is 0 Å². The predicted molar refractivity (Wildman–Crippen MR) is 365 cm³/mol. The number of nitrogens with zero attached hydrogens (tertiary/aromatic N) is 1. The van der Waals surface area contributed by atoms with Crippen LogP contribution in [0.2, 0.25) is 0 Å². The fraction of sp³-hybridized carbons (Fsp3) is 0.747. The van der Waals surface area contributed by atoms with Crippen molar-refractivity contribution in [3.8, 4) is 17.6 Å². The van der Waals surface area contributed by atoms with E-state index in [-0.39, 0.29) is 97.4 Å². The summed E-state index contributed by atoms with van der Waals surface area (Å²) in [5, 5.41) is 126. The summed E-state index contributed by atoms with van der Waals surface area (Å²) in [5.74, 6) is 4.84. The van der Waals surface area contributed by atoms with Gasteiger partial charge in [-0.25, -0.2) is 0 Å². The maximum absolute atomic E-state index is 17.3. The molecule has 30 unspecified atom stereocenters. The second-order valence-electron chi connectivity index (χ2n) is 35.1. The van der Waals surface area contributed by atoms with Gasteiger partial charge in [0, 0.05) is 82.7 Å². The summed E-state index contributed by atoms with van der Waals surface area (Å²) in [6.45, 7) is 9.00. The fourth-order valence-electron chi connectivity index (χ4n) is 28.2. The van der Waals surface area contributed by atoms with Gasteiger partial charge in [-0.1, -0.05) is 111 Å². The number of piperidine rings is 1. The Morgan fingerprint density at radius 1 is 0.885 bits per heavy atom. The van der Waals surface area contributed by atoms with Gasteiger partial charge in [0.25, 0.3) is 0 Å². The molecule has 1 amide bonds. The van der Waals surface area contributed by atoms with Gasteiger partial charge < -0.3 is 65.6 Å². The van der Waals surface area contributed by atoms with Crippen molar-refractivity contribution in [2.24, 2.45) is 109 Å². The lowest BCUT2D eigenvalue weighted by Gasteiger charge is -2.76. The first-order chi connectivity index (χ1) is 46.0. The van der Waals surface area contributed by atoms with Crippen molar-refractivity contribution in [3.05, 3.63) is 83.5 Å². The van der Waals surface area contributed by atoms with Crippen molar-refractivity contribution in [3.63, 3.8) is 0 Å². The molecule has 10 N–H and O–H groups in total. The quantitative estimate of drug-likeness (QED) is 0.0585. The van der Waals surface area contributed by atoms with Gasteiger partial charge in [0.2, 0.25) is 5.91 Å². The molecule has 6 spiro atoms. The number of nitrogens with one attached hydrogen (secondary N) is 1. The van der Waals surface area contributed by atoms with Gasteiger partial charge in [-0.3, -0.25) is 9.59 Å². The number of aliphatic hydroxyl groups is 8. The normalized spacial score (nSPS) is 54.0. The summed E-state index contributed by atoms with van der Waals surface area (Å²) in [6.07, 6.45) is 22.4. The van der Waals surface area contributed by atoms with Crippen molar-refractivity contribution >= 4 is 39.0 Å². The SMILES string of the molecule is CC(C)C(C)C1OC1C1(O)CC=CC2CC3C4=CC(=O)C5(CC(O)C6(O)C(O)C=CC7CCCC76C35C)C(O)SSCC3CCCC(CO)C35C(=O)N(CC53CC5C#CCC6CCC7(C6)NC(CC6C=C8C=CCOC8CC67)C5C3O)c3cc(O)cc(c3)CCC23C1CCC43O. The number of aliphatic hydroxyl groups excluding tert-OH is 5. The van der Waals surface area contributed by atoms with E-state index in [1.807, 2.05) is 17.0 Å². The average molecular weight is 1350 g/mol. The molecule has 8 heterocycles. The molecular weight excluding hydrogens is 1250 g/mol. The molecule has 19 aliphatic rings. The number of ether oxygens (including phenoxy) is 2. The van der Waals surface area contributed by atoms with Gasteiger partial charge in [-0.2, -0.15) is 0 Å². The highest BCUT2D eigenvalue weighted by molar-refractivity contribution is 8.76. The third-order valence-corrected chi connectivity index (χ3v) is 34.9. The number of rotatable bonds is 4. The zero-order valence-corrected chi connectivity index (χ0v) is 58.0. The summed E-state index contributed by atoms with van der Waals surface area (Å²) >= 11 is 0. The van der Waals surface area contributed by atoms with Crippen LogP contribution in [0.15, 0.2) is 78.0 Å². The van der Waals surface area contributed by atoms with Crippen LogP contribution in [0.1, 0.15) is 155 Å².